The Kier molecular flexibility index (Phi) is 2.37. The fourth-order valence-corrected chi connectivity index (χ4v) is 1.74. The van der Waals surface area contributed by atoms with Crippen LogP contribution >= 0.6 is 0 Å². The molecule has 90 valence electrons. The zero-order chi connectivity index (χ0) is 12.5. The van der Waals surface area contributed by atoms with Crippen molar-refractivity contribution in [2.24, 2.45) is 0 Å². The van der Waals surface area contributed by atoms with Crippen LogP contribution in [0.2, 0.25) is 0 Å². The summed E-state index contributed by atoms with van der Waals surface area (Å²) in [4.78, 5) is 0. The second-order valence-corrected chi connectivity index (χ2v) is 3.78. The summed E-state index contributed by atoms with van der Waals surface area (Å²) in [6.07, 6.45) is 1.55. The van der Waals surface area contributed by atoms with E-state index in [0.717, 1.165) is 0 Å². The molecule has 2 N–H and O–H groups in total. The second kappa shape index (κ2) is 4.03. The van der Waals surface area contributed by atoms with Gasteiger partial charge in [0.2, 0.25) is 0 Å². The summed E-state index contributed by atoms with van der Waals surface area (Å²) < 4.78 is 18.5. The molecule has 18 heavy (non-hydrogen) atoms. The zero-order valence-corrected chi connectivity index (χ0v) is 9.22. The molecule has 0 aliphatic carbocycles. The summed E-state index contributed by atoms with van der Waals surface area (Å²) in [5, 5.41) is 16.4. The Morgan fingerprint density at radius 3 is 2.89 bits per heavy atom. The van der Waals surface area contributed by atoms with Crippen molar-refractivity contribution in [3.63, 3.8) is 0 Å². The van der Waals surface area contributed by atoms with Crippen molar-refractivity contribution in [3.8, 4) is 28.5 Å². The van der Waals surface area contributed by atoms with Crippen molar-refractivity contribution in [3.05, 3.63) is 48.5 Å². The largest absolute Gasteiger partial charge is 0.504 e. The van der Waals surface area contributed by atoms with Crippen LogP contribution in [0, 0.1) is 5.82 Å². The highest BCUT2D eigenvalue weighted by atomic mass is 19.1. The van der Waals surface area contributed by atoms with Crippen molar-refractivity contribution in [1.29, 1.82) is 0 Å². The van der Waals surface area contributed by atoms with E-state index in [1.165, 1.54) is 12.1 Å². The highest BCUT2D eigenvalue weighted by Gasteiger charge is 2.13. The van der Waals surface area contributed by atoms with Crippen LogP contribution in [0.5, 0.6) is 5.75 Å². The van der Waals surface area contributed by atoms with E-state index in [-0.39, 0.29) is 0 Å². The number of para-hydroxylation sites is 1. The number of hydrogen-bond acceptors (Lipinski definition) is 3. The number of aromatic hydroxyl groups is 1. The van der Waals surface area contributed by atoms with Gasteiger partial charge in [-0.05, 0) is 30.3 Å². The summed E-state index contributed by atoms with van der Waals surface area (Å²) in [6, 6.07) is 9.54. The molecule has 0 saturated heterocycles. The average molecular weight is 244 g/mol. The van der Waals surface area contributed by atoms with E-state index < -0.39 is 11.6 Å². The number of halogens is 1. The first-order valence-corrected chi connectivity index (χ1v) is 5.33. The lowest BCUT2D eigenvalue weighted by Crippen LogP contribution is -1.82. The van der Waals surface area contributed by atoms with Crippen molar-refractivity contribution in [2.45, 2.75) is 0 Å². The van der Waals surface area contributed by atoms with Gasteiger partial charge in [-0.15, -0.1) is 0 Å². The monoisotopic (exact) mass is 244 g/mol. The predicted molar refractivity (Wildman–Crippen MR) is 63.3 cm³/mol. The van der Waals surface area contributed by atoms with Crippen molar-refractivity contribution >= 4 is 0 Å². The number of nitrogens with one attached hydrogen (secondary N) is 1. The third kappa shape index (κ3) is 1.66. The lowest BCUT2D eigenvalue weighted by Gasteiger charge is -2.00. The van der Waals surface area contributed by atoms with Gasteiger partial charge in [0.15, 0.2) is 17.3 Å². The molecule has 0 saturated carbocycles. The van der Waals surface area contributed by atoms with Gasteiger partial charge in [0, 0.05) is 5.56 Å². The van der Waals surface area contributed by atoms with Gasteiger partial charge in [-0.25, -0.2) is 4.39 Å². The number of aromatic amines is 1. The van der Waals surface area contributed by atoms with E-state index in [2.05, 4.69) is 10.2 Å². The van der Waals surface area contributed by atoms with Crippen LogP contribution in [0.25, 0.3) is 22.7 Å². The number of rotatable bonds is 2. The van der Waals surface area contributed by atoms with Crippen molar-refractivity contribution < 1.29 is 13.9 Å². The minimum absolute atomic E-state index is 0.337. The molecule has 3 rings (SSSR count). The first-order chi connectivity index (χ1) is 8.75. The molecule has 0 aliphatic rings. The molecule has 2 aromatic heterocycles. The van der Waals surface area contributed by atoms with Gasteiger partial charge >= 0.3 is 0 Å². The maximum absolute atomic E-state index is 13.2. The highest BCUT2D eigenvalue weighted by Crippen LogP contribution is 2.31. The third-order valence-corrected chi connectivity index (χ3v) is 2.63. The number of benzene rings is 1. The van der Waals surface area contributed by atoms with E-state index in [0.29, 0.717) is 22.7 Å². The Morgan fingerprint density at radius 1 is 1.22 bits per heavy atom. The van der Waals surface area contributed by atoms with Crippen molar-refractivity contribution in [1.82, 2.24) is 10.2 Å². The normalized spacial score (nSPS) is 10.7. The maximum atomic E-state index is 13.2. The van der Waals surface area contributed by atoms with E-state index in [1.807, 2.05) is 0 Å². The number of H-pyrrole nitrogens is 1. The van der Waals surface area contributed by atoms with Gasteiger partial charge in [-0.1, -0.05) is 6.07 Å². The third-order valence-electron chi connectivity index (χ3n) is 2.63. The molecule has 0 unspecified atom stereocenters. The molecular formula is C13H9FN2O2. The van der Waals surface area contributed by atoms with Gasteiger partial charge in [0.1, 0.15) is 5.69 Å². The van der Waals surface area contributed by atoms with Gasteiger partial charge in [0.05, 0.1) is 12.0 Å². The maximum Gasteiger partial charge on any atom is 0.165 e. The number of hydrogen-bond donors (Lipinski definition) is 2. The molecule has 0 atom stereocenters. The van der Waals surface area contributed by atoms with E-state index in [1.54, 1.807) is 30.5 Å². The van der Waals surface area contributed by atoms with Crippen LogP contribution in [0.4, 0.5) is 4.39 Å². The zero-order valence-electron chi connectivity index (χ0n) is 9.22. The predicted octanol–water partition coefficient (Wildman–Crippen LogP) is 3.18. The first kappa shape index (κ1) is 10.6. The molecule has 0 aliphatic heterocycles. The molecule has 2 heterocycles. The number of nitrogens with zero attached hydrogens (tertiary/aromatic N) is 1. The molecule has 4 nitrogen and oxygen atoms in total. The highest BCUT2D eigenvalue weighted by molar-refractivity contribution is 5.70. The molecular weight excluding hydrogens is 235 g/mol. The Morgan fingerprint density at radius 2 is 2.11 bits per heavy atom. The minimum atomic E-state index is -0.671. The summed E-state index contributed by atoms with van der Waals surface area (Å²) in [6.45, 7) is 0. The van der Waals surface area contributed by atoms with Crippen LogP contribution in [0.15, 0.2) is 47.1 Å². The summed E-state index contributed by atoms with van der Waals surface area (Å²) in [5.74, 6) is -0.449. The second-order valence-electron chi connectivity index (χ2n) is 3.78. The van der Waals surface area contributed by atoms with Crippen LogP contribution in [-0.4, -0.2) is 15.3 Å². The minimum Gasteiger partial charge on any atom is -0.504 e. The smallest absolute Gasteiger partial charge is 0.165 e. The van der Waals surface area contributed by atoms with Gasteiger partial charge < -0.3 is 9.52 Å². The number of furan rings is 1. The fraction of sp³-hybridized carbons (Fsp3) is 0. The van der Waals surface area contributed by atoms with E-state index >= 15 is 0 Å². The Bertz CT molecular complexity index is 674. The Hall–Kier alpha value is -2.56. The van der Waals surface area contributed by atoms with Crippen LogP contribution in [-0.2, 0) is 0 Å². The van der Waals surface area contributed by atoms with Crippen LogP contribution in [0.3, 0.4) is 0 Å². The standard InChI is InChI=1S/C13H9FN2O2/c14-9-4-1-3-8(13(9)17)10-7-11(16-15-10)12-5-2-6-18-12/h1-7,17H,(H,15,16). The summed E-state index contributed by atoms with van der Waals surface area (Å²) >= 11 is 0. The van der Waals surface area contributed by atoms with Crippen molar-refractivity contribution in [2.75, 3.05) is 0 Å². The Balaban J connectivity index is 2.06. The van der Waals surface area contributed by atoms with Crippen LogP contribution in [0.1, 0.15) is 0 Å². The summed E-state index contributed by atoms with van der Waals surface area (Å²) in [5.41, 5.74) is 1.46. The van der Waals surface area contributed by atoms with Gasteiger partial charge in [-0.3, -0.25) is 5.10 Å². The molecule has 5 heteroatoms. The van der Waals surface area contributed by atoms with Gasteiger partial charge in [-0.2, -0.15) is 5.10 Å². The number of aromatic nitrogens is 2. The molecule has 0 spiro atoms. The topological polar surface area (TPSA) is 62.1 Å². The molecule has 0 radical (unpaired) electrons. The SMILES string of the molecule is Oc1c(F)cccc1-c1cc(-c2ccco2)[nH]n1. The lowest BCUT2D eigenvalue weighted by atomic mass is 10.1. The fourth-order valence-electron chi connectivity index (χ4n) is 1.74. The first-order valence-electron chi connectivity index (χ1n) is 5.33. The molecule has 0 fully saturated rings. The quantitative estimate of drug-likeness (QED) is 0.727. The average Bonchev–Trinajstić information content (AvgIpc) is 3.01. The molecule has 0 bridgehead atoms. The number of phenols is 1. The summed E-state index contributed by atoms with van der Waals surface area (Å²) in [7, 11) is 0. The van der Waals surface area contributed by atoms with Gasteiger partial charge in [0.25, 0.3) is 0 Å². The molecule has 0 amide bonds. The van der Waals surface area contributed by atoms with Crippen LogP contribution < -0.4 is 0 Å². The van der Waals surface area contributed by atoms with E-state index in [9.17, 15) is 9.50 Å². The number of phenolic OH excluding ortho intramolecular Hbond substituents is 1. The van der Waals surface area contributed by atoms with E-state index in [4.69, 9.17) is 4.42 Å². The molecule has 1 aromatic carbocycles. The molecule has 3 aromatic rings. The lowest BCUT2D eigenvalue weighted by molar-refractivity contribution is 0.434. The Labute approximate surface area is 102 Å².